The van der Waals surface area contributed by atoms with Crippen molar-refractivity contribution in [2.75, 3.05) is 40.1 Å². The minimum atomic E-state index is -3.80. The van der Waals surface area contributed by atoms with E-state index in [2.05, 4.69) is 4.98 Å². The third-order valence-electron chi connectivity index (χ3n) is 5.61. The van der Waals surface area contributed by atoms with Crippen LogP contribution in [0.25, 0.3) is 10.9 Å². The van der Waals surface area contributed by atoms with Gasteiger partial charge >= 0.3 is 0 Å². The van der Waals surface area contributed by atoms with Crippen LogP contribution in [-0.4, -0.2) is 68.6 Å². The van der Waals surface area contributed by atoms with E-state index in [-0.39, 0.29) is 29.3 Å². The molecular formula is C23H25N3O5S2. The summed E-state index contributed by atoms with van der Waals surface area (Å²) in [4.78, 5) is 18.8. The predicted octanol–water partition coefficient (Wildman–Crippen LogP) is 3.15. The molecule has 1 atom stereocenters. The van der Waals surface area contributed by atoms with Crippen molar-refractivity contribution in [2.45, 2.75) is 10.3 Å². The van der Waals surface area contributed by atoms with Crippen molar-refractivity contribution in [1.82, 2.24) is 14.2 Å². The number of hydrogen-bond donors (Lipinski definition) is 0. The fourth-order valence-electron chi connectivity index (χ4n) is 3.81. The quantitative estimate of drug-likeness (QED) is 0.482. The summed E-state index contributed by atoms with van der Waals surface area (Å²) in [5.74, 6) is 1.58. The number of carbonyl (C=O) groups is 1. The largest absolute Gasteiger partial charge is 0.497 e. The number of nitrogens with zero attached hydrogens (tertiary/aromatic N) is 3. The molecule has 1 aliphatic rings. The molecule has 2 heterocycles. The number of sulfonamides is 1. The summed E-state index contributed by atoms with van der Waals surface area (Å²) >= 11 is 1.48. The number of fused-ring (bicyclic) bond motifs is 1. The Hall–Kier alpha value is -2.82. The monoisotopic (exact) mass is 487 g/mol. The van der Waals surface area contributed by atoms with E-state index in [1.54, 1.807) is 55.6 Å². The topological polar surface area (TPSA) is 89.0 Å². The number of rotatable bonds is 8. The number of hydrogen-bond acceptors (Lipinski definition) is 7. The maximum absolute atomic E-state index is 13.3. The van der Waals surface area contributed by atoms with E-state index in [1.165, 1.54) is 23.1 Å². The van der Waals surface area contributed by atoms with Crippen LogP contribution in [0.2, 0.25) is 0 Å². The van der Waals surface area contributed by atoms with Gasteiger partial charge in [0.1, 0.15) is 21.8 Å². The number of methoxy groups -OCH3 is 2. The van der Waals surface area contributed by atoms with Crippen molar-refractivity contribution in [3.05, 3.63) is 60.3 Å². The van der Waals surface area contributed by atoms with Gasteiger partial charge in [-0.05, 0) is 30.3 Å². The maximum atomic E-state index is 13.3. The van der Waals surface area contributed by atoms with Gasteiger partial charge in [0.25, 0.3) is 0 Å². The van der Waals surface area contributed by atoms with Gasteiger partial charge in [-0.2, -0.15) is 4.31 Å². The van der Waals surface area contributed by atoms with Gasteiger partial charge in [-0.25, -0.2) is 8.42 Å². The van der Waals surface area contributed by atoms with Crippen LogP contribution >= 0.6 is 11.8 Å². The zero-order chi connectivity index (χ0) is 23.6. The molecule has 2 aromatic carbocycles. The molecule has 0 bridgehead atoms. The SMILES string of the molecule is COc1ccc(OC)c(C2SCC(=O)N2CCN(C)S(=O)(=O)c2cccc3cccnc23)c1. The Morgan fingerprint density at radius 2 is 1.94 bits per heavy atom. The van der Waals surface area contributed by atoms with Gasteiger partial charge in [0.2, 0.25) is 15.9 Å². The van der Waals surface area contributed by atoms with Crippen LogP contribution in [0.1, 0.15) is 10.9 Å². The zero-order valence-corrected chi connectivity index (χ0v) is 20.2. The predicted molar refractivity (Wildman–Crippen MR) is 128 cm³/mol. The molecule has 1 saturated heterocycles. The number of ether oxygens (including phenoxy) is 2. The molecule has 0 saturated carbocycles. The summed E-state index contributed by atoms with van der Waals surface area (Å²) in [5.41, 5.74) is 1.25. The van der Waals surface area contributed by atoms with E-state index in [1.807, 2.05) is 18.2 Å². The number of para-hydroxylation sites is 1. The molecule has 8 nitrogen and oxygen atoms in total. The molecule has 10 heteroatoms. The van der Waals surface area contributed by atoms with Gasteiger partial charge in [-0.1, -0.05) is 18.2 Å². The van der Waals surface area contributed by atoms with Gasteiger partial charge < -0.3 is 14.4 Å². The second-order valence-electron chi connectivity index (χ2n) is 7.52. The molecule has 0 spiro atoms. The minimum absolute atomic E-state index is 0.0486. The van der Waals surface area contributed by atoms with E-state index >= 15 is 0 Å². The lowest BCUT2D eigenvalue weighted by Gasteiger charge is -2.28. The Bertz CT molecular complexity index is 1280. The first kappa shape index (κ1) is 23.3. The van der Waals surface area contributed by atoms with Gasteiger partial charge in [0.05, 0.1) is 25.5 Å². The van der Waals surface area contributed by atoms with Gasteiger partial charge in [0, 0.05) is 37.3 Å². The van der Waals surface area contributed by atoms with Gasteiger partial charge in [-0.15, -0.1) is 11.8 Å². The van der Waals surface area contributed by atoms with Gasteiger partial charge in [0.15, 0.2) is 0 Å². The zero-order valence-electron chi connectivity index (χ0n) is 18.6. The highest BCUT2D eigenvalue weighted by molar-refractivity contribution is 8.00. The van der Waals surface area contributed by atoms with Crippen LogP contribution in [0.3, 0.4) is 0 Å². The van der Waals surface area contributed by atoms with Crippen LogP contribution in [-0.2, 0) is 14.8 Å². The summed E-state index contributed by atoms with van der Waals surface area (Å²) in [7, 11) is 0.881. The molecule has 1 unspecified atom stereocenters. The summed E-state index contributed by atoms with van der Waals surface area (Å²) in [6.07, 6.45) is 1.58. The molecule has 1 fully saturated rings. The molecule has 3 aromatic rings. The maximum Gasteiger partial charge on any atom is 0.245 e. The molecule has 4 rings (SSSR count). The van der Waals surface area contributed by atoms with Crippen LogP contribution in [0.15, 0.2) is 59.6 Å². The van der Waals surface area contributed by atoms with E-state index < -0.39 is 10.0 Å². The van der Waals surface area contributed by atoms with Crippen molar-refractivity contribution in [3.8, 4) is 11.5 Å². The Morgan fingerprint density at radius 3 is 2.70 bits per heavy atom. The summed E-state index contributed by atoms with van der Waals surface area (Å²) in [5, 5.41) is 0.459. The Balaban J connectivity index is 1.57. The fourth-order valence-corrected chi connectivity index (χ4v) is 6.36. The van der Waals surface area contributed by atoms with Crippen molar-refractivity contribution in [1.29, 1.82) is 0 Å². The standard InChI is InChI=1S/C23H25N3O5S2/c1-25(33(28,29)20-8-4-6-16-7-5-11-24-22(16)20)12-13-26-21(27)15-32-23(26)18-14-17(30-2)9-10-19(18)31-3/h4-11,14,23H,12-13,15H2,1-3H3. The number of carbonyl (C=O) groups excluding carboxylic acids is 1. The number of likely N-dealkylation sites (N-methyl/N-ethyl adjacent to an activating group) is 1. The molecule has 1 aliphatic heterocycles. The van der Waals surface area contributed by atoms with E-state index in [9.17, 15) is 13.2 Å². The first-order chi connectivity index (χ1) is 15.9. The second kappa shape index (κ2) is 9.58. The van der Waals surface area contributed by atoms with E-state index in [0.717, 1.165) is 10.9 Å². The van der Waals surface area contributed by atoms with E-state index in [0.29, 0.717) is 22.8 Å². The Labute approximate surface area is 197 Å². The fraction of sp³-hybridized carbons (Fsp3) is 0.304. The first-order valence-corrected chi connectivity index (χ1v) is 12.8. The molecule has 1 amide bonds. The lowest BCUT2D eigenvalue weighted by molar-refractivity contribution is -0.128. The van der Waals surface area contributed by atoms with Crippen LogP contribution < -0.4 is 9.47 Å². The smallest absolute Gasteiger partial charge is 0.245 e. The Morgan fingerprint density at radius 1 is 1.15 bits per heavy atom. The first-order valence-electron chi connectivity index (χ1n) is 10.3. The number of pyridine rings is 1. The summed E-state index contributed by atoms with van der Waals surface area (Å²) < 4.78 is 38.7. The average Bonchev–Trinajstić information content (AvgIpc) is 3.21. The lowest BCUT2D eigenvalue weighted by Crippen LogP contribution is -2.38. The molecular weight excluding hydrogens is 462 g/mol. The normalized spacial score (nSPS) is 16.5. The lowest BCUT2D eigenvalue weighted by atomic mass is 10.1. The Kier molecular flexibility index (Phi) is 6.78. The molecule has 174 valence electrons. The van der Waals surface area contributed by atoms with Crippen molar-refractivity contribution >= 4 is 38.6 Å². The molecule has 0 radical (unpaired) electrons. The van der Waals surface area contributed by atoms with Crippen molar-refractivity contribution < 1.29 is 22.7 Å². The van der Waals surface area contributed by atoms with Crippen molar-refractivity contribution in [2.24, 2.45) is 0 Å². The summed E-state index contributed by atoms with van der Waals surface area (Å²) in [6, 6.07) is 14.1. The highest BCUT2D eigenvalue weighted by atomic mass is 32.2. The molecule has 0 N–H and O–H groups in total. The third-order valence-corrected chi connectivity index (χ3v) is 8.74. The molecule has 1 aromatic heterocycles. The second-order valence-corrected chi connectivity index (χ2v) is 10.6. The molecule has 33 heavy (non-hydrogen) atoms. The van der Waals surface area contributed by atoms with Crippen molar-refractivity contribution in [3.63, 3.8) is 0 Å². The van der Waals surface area contributed by atoms with Crippen LogP contribution in [0.5, 0.6) is 11.5 Å². The van der Waals surface area contributed by atoms with E-state index in [4.69, 9.17) is 9.47 Å². The van der Waals surface area contributed by atoms with Gasteiger partial charge in [-0.3, -0.25) is 9.78 Å². The number of amides is 1. The number of thioether (sulfide) groups is 1. The van der Waals surface area contributed by atoms with Crippen LogP contribution in [0, 0.1) is 0 Å². The highest BCUT2D eigenvalue weighted by Crippen LogP contribution is 2.43. The van der Waals surface area contributed by atoms with Crippen LogP contribution in [0.4, 0.5) is 0 Å². The summed E-state index contributed by atoms with van der Waals surface area (Å²) in [6.45, 7) is 0.380. The minimum Gasteiger partial charge on any atom is -0.497 e. The number of aromatic nitrogens is 1. The average molecular weight is 488 g/mol. The third kappa shape index (κ3) is 4.50. The molecule has 0 aliphatic carbocycles. The highest BCUT2D eigenvalue weighted by Gasteiger charge is 2.35. The number of benzene rings is 2.